The first-order valence-corrected chi connectivity index (χ1v) is 8.56. The topological polar surface area (TPSA) is 67.8 Å². The van der Waals surface area contributed by atoms with Crippen LogP contribution in [0.1, 0.15) is 42.5 Å². The summed E-state index contributed by atoms with van der Waals surface area (Å²) >= 11 is 0. The molecule has 1 aliphatic carbocycles. The molecule has 1 aromatic rings. The van der Waals surface area contributed by atoms with Crippen molar-refractivity contribution < 1.29 is 4.79 Å². The zero-order valence-electron chi connectivity index (χ0n) is 13.6. The van der Waals surface area contributed by atoms with Crippen LogP contribution in [-0.2, 0) is 0 Å². The minimum Gasteiger partial charge on any atom is -0.399 e. The molecule has 2 aliphatic heterocycles. The molecule has 0 bridgehead atoms. The van der Waals surface area contributed by atoms with E-state index in [1.165, 1.54) is 0 Å². The lowest BCUT2D eigenvalue weighted by Gasteiger charge is -2.38. The number of nitrogens with zero attached hydrogens (tertiary/aromatic N) is 2. The SMILES string of the molecule is Nc1ccc(C(=O)C2C=NC3=CCCCC34CC=CN=C4C2)cc1. The third-order valence-corrected chi connectivity index (χ3v) is 5.33. The van der Waals surface area contributed by atoms with Gasteiger partial charge in [-0.2, -0.15) is 0 Å². The predicted molar refractivity (Wildman–Crippen MR) is 97.3 cm³/mol. The van der Waals surface area contributed by atoms with Crippen LogP contribution < -0.4 is 5.73 Å². The van der Waals surface area contributed by atoms with Crippen molar-refractivity contribution in [1.29, 1.82) is 0 Å². The van der Waals surface area contributed by atoms with Crippen LogP contribution in [0.15, 0.2) is 58.3 Å². The minimum absolute atomic E-state index is 0.0837. The highest BCUT2D eigenvalue weighted by Crippen LogP contribution is 2.47. The summed E-state index contributed by atoms with van der Waals surface area (Å²) in [5.74, 6) is -0.173. The molecule has 1 aromatic carbocycles. The van der Waals surface area contributed by atoms with Gasteiger partial charge in [0.15, 0.2) is 5.78 Å². The Morgan fingerprint density at radius 1 is 1.25 bits per heavy atom. The van der Waals surface area contributed by atoms with Gasteiger partial charge in [-0.3, -0.25) is 14.8 Å². The number of hydrogen-bond acceptors (Lipinski definition) is 4. The number of nitrogen functional groups attached to an aromatic ring is 1. The Morgan fingerprint density at radius 3 is 2.92 bits per heavy atom. The van der Waals surface area contributed by atoms with Crippen LogP contribution in [0.2, 0.25) is 0 Å². The summed E-state index contributed by atoms with van der Waals surface area (Å²) in [7, 11) is 0. The van der Waals surface area contributed by atoms with E-state index >= 15 is 0 Å². The van der Waals surface area contributed by atoms with Crippen LogP contribution in [0.25, 0.3) is 0 Å². The Bertz CT molecular complexity index is 786. The second-order valence-electron chi connectivity index (χ2n) is 6.80. The normalized spacial score (nSPS) is 28.2. The second kappa shape index (κ2) is 5.86. The molecule has 4 heteroatoms. The molecule has 2 heterocycles. The molecule has 1 spiro atoms. The maximum atomic E-state index is 12.9. The number of hydrogen-bond donors (Lipinski definition) is 1. The number of Topliss-reactive ketones (excluding diaryl/α,β-unsaturated/α-hetero) is 1. The van der Waals surface area contributed by atoms with Gasteiger partial charge < -0.3 is 5.73 Å². The van der Waals surface area contributed by atoms with Gasteiger partial charge >= 0.3 is 0 Å². The van der Waals surface area contributed by atoms with Crippen molar-refractivity contribution >= 4 is 23.4 Å². The van der Waals surface area contributed by atoms with Crippen LogP contribution in [0.5, 0.6) is 0 Å². The van der Waals surface area contributed by atoms with E-state index in [1.54, 1.807) is 24.3 Å². The third kappa shape index (κ3) is 2.42. The zero-order valence-corrected chi connectivity index (χ0v) is 13.6. The van der Waals surface area contributed by atoms with Gasteiger partial charge in [-0.15, -0.1) is 0 Å². The summed E-state index contributed by atoms with van der Waals surface area (Å²) < 4.78 is 0. The van der Waals surface area contributed by atoms with Gasteiger partial charge in [-0.1, -0.05) is 12.2 Å². The molecular formula is C20H21N3O. The van der Waals surface area contributed by atoms with Gasteiger partial charge in [0.05, 0.1) is 11.3 Å². The summed E-state index contributed by atoms with van der Waals surface area (Å²) in [6.45, 7) is 0. The van der Waals surface area contributed by atoms with Crippen molar-refractivity contribution in [2.75, 3.05) is 5.73 Å². The van der Waals surface area contributed by atoms with Crippen molar-refractivity contribution in [3.63, 3.8) is 0 Å². The van der Waals surface area contributed by atoms with Gasteiger partial charge in [0, 0.05) is 41.5 Å². The summed E-state index contributed by atoms with van der Waals surface area (Å²) in [5.41, 5.74) is 9.20. The molecule has 2 N–H and O–H groups in total. The molecule has 122 valence electrons. The third-order valence-electron chi connectivity index (χ3n) is 5.33. The Morgan fingerprint density at radius 2 is 2.08 bits per heavy atom. The minimum atomic E-state index is -0.262. The predicted octanol–water partition coefficient (Wildman–Crippen LogP) is 3.95. The van der Waals surface area contributed by atoms with E-state index in [0.29, 0.717) is 17.7 Å². The average Bonchev–Trinajstić information content (AvgIpc) is 2.78. The first kappa shape index (κ1) is 15.1. The molecule has 4 rings (SSSR count). The molecule has 24 heavy (non-hydrogen) atoms. The van der Waals surface area contributed by atoms with Crippen molar-refractivity contribution in [1.82, 2.24) is 0 Å². The number of carbonyl (C=O) groups excluding carboxylic acids is 1. The van der Waals surface area contributed by atoms with Gasteiger partial charge in [-0.05, 0) is 49.9 Å². The number of allylic oxidation sites excluding steroid dienone is 3. The van der Waals surface area contributed by atoms with Crippen LogP contribution in [0, 0.1) is 11.3 Å². The first-order chi connectivity index (χ1) is 11.7. The van der Waals surface area contributed by atoms with Crippen LogP contribution in [0.4, 0.5) is 5.69 Å². The number of nitrogens with two attached hydrogens (primary N) is 1. The fraction of sp³-hybridized carbons (Fsp3) is 0.350. The highest BCUT2D eigenvalue weighted by molar-refractivity contribution is 6.11. The monoisotopic (exact) mass is 319 g/mol. The highest BCUT2D eigenvalue weighted by Gasteiger charge is 2.43. The molecule has 0 amide bonds. The maximum Gasteiger partial charge on any atom is 0.171 e. The molecule has 0 fully saturated rings. The number of aliphatic imine (C=N–C) groups is 2. The van der Waals surface area contributed by atoms with Gasteiger partial charge in [0.25, 0.3) is 0 Å². The Hall–Kier alpha value is -2.49. The first-order valence-electron chi connectivity index (χ1n) is 8.56. The number of carbonyl (C=O) groups is 1. The smallest absolute Gasteiger partial charge is 0.171 e. The van der Waals surface area contributed by atoms with E-state index in [9.17, 15) is 4.79 Å². The van der Waals surface area contributed by atoms with Gasteiger partial charge in [0.2, 0.25) is 0 Å². The lowest BCUT2D eigenvalue weighted by atomic mass is 9.68. The maximum absolute atomic E-state index is 12.9. The van der Waals surface area contributed by atoms with Crippen molar-refractivity contribution in [3.8, 4) is 0 Å². The quantitative estimate of drug-likeness (QED) is 0.662. The number of benzene rings is 1. The largest absolute Gasteiger partial charge is 0.399 e. The Balaban J connectivity index is 1.70. The molecule has 0 aromatic heterocycles. The summed E-state index contributed by atoms with van der Waals surface area (Å²) in [5, 5.41) is 0. The standard InChI is InChI=1S/C20H21N3O/c21-16-7-5-14(6-8-16)19(24)15-12-18-20(10-3-11-22-18)9-2-1-4-17(20)23-13-15/h3-8,11,13,15H,1-2,9-10,12,21H2. The molecule has 0 saturated heterocycles. The average molecular weight is 319 g/mol. The van der Waals surface area contributed by atoms with E-state index in [-0.39, 0.29) is 17.1 Å². The zero-order chi connectivity index (χ0) is 16.6. The molecule has 0 radical (unpaired) electrons. The van der Waals surface area contributed by atoms with Crippen LogP contribution >= 0.6 is 0 Å². The summed E-state index contributed by atoms with van der Waals surface area (Å²) in [4.78, 5) is 22.3. The molecular weight excluding hydrogens is 298 g/mol. The van der Waals surface area contributed by atoms with Gasteiger partial charge in [-0.25, -0.2) is 0 Å². The molecule has 2 unspecified atom stereocenters. The Labute approximate surface area is 141 Å². The lowest BCUT2D eigenvalue weighted by Crippen LogP contribution is -2.36. The second-order valence-corrected chi connectivity index (χ2v) is 6.80. The summed E-state index contributed by atoms with van der Waals surface area (Å²) in [6.07, 6.45) is 12.9. The van der Waals surface area contributed by atoms with E-state index in [4.69, 9.17) is 10.7 Å². The van der Waals surface area contributed by atoms with E-state index in [2.05, 4.69) is 17.1 Å². The van der Waals surface area contributed by atoms with Crippen molar-refractivity contribution in [2.45, 2.75) is 32.1 Å². The number of ketones is 1. The lowest BCUT2D eigenvalue weighted by molar-refractivity contribution is 0.0958. The van der Waals surface area contributed by atoms with Crippen LogP contribution in [0.3, 0.4) is 0 Å². The molecule has 4 nitrogen and oxygen atoms in total. The van der Waals surface area contributed by atoms with E-state index < -0.39 is 0 Å². The molecule has 3 aliphatic rings. The summed E-state index contributed by atoms with van der Waals surface area (Å²) in [6, 6.07) is 7.12. The van der Waals surface area contributed by atoms with Crippen molar-refractivity contribution in [3.05, 3.63) is 53.9 Å². The van der Waals surface area contributed by atoms with Crippen LogP contribution in [-0.4, -0.2) is 17.7 Å². The van der Waals surface area contributed by atoms with Gasteiger partial charge in [0.1, 0.15) is 0 Å². The van der Waals surface area contributed by atoms with E-state index in [1.807, 2.05) is 12.4 Å². The fourth-order valence-electron chi connectivity index (χ4n) is 3.98. The number of rotatable bonds is 2. The van der Waals surface area contributed by atoms with Crippen molar-refractivity contribution in [2.24, 2.45) is 21.3 Å². The molecule has 2 atom stereocenters. The van der Waals surface area contributed by atoms with E-state index in [0.717, 1.165) is 37.1 Å². The highest BCUT2D eigenvalue weighted by atomic mass is 16.1. The molecule has 0 saturated carbocycles. The fourth-order valence-corrected chi connectivity index (χ4v) is 3.98. The Kier molecular flexibility index (Phi) is 3.68. The number of anilines is 1.